The van der Waals surface area contributed by atoms with Crippen LogP contribution in [-0.4, -0.2) is 30.1 Å². The summed E-state index contributed by atoms with van der Waals surface area (Å²) in [6, 6.07) is 6.00. The average molecular weight is 317 g/mol. The van der Waals surface area contributed by atoms with Crippen molar-refractivity contribution in [3.05, 3.63) is 38.9 Å². The van der Waals surface area contributed by atoms with E-state index in [-0.39, 0.29) is 6.61 Å². The van der Waals surface area contributed by atoms with Crippen molar-refractivity contribution in [1.29, 1.82) is 0 Å². The van der Waals surface area contributed by atoms with Gasteiger partial charge in [-0.15, -0.1) is 0 Å². The highest BCUT2D eigenvalue weighted by molar-refractivity contribution is 9.10. The van der Waals surface area contributed by atoms with Crippen LogP contribution in [0.2, 0.25) is 0 Å². The van der Waals surface area contributed by atoms with Crippen molar-refractivity contribution in [1.82, 2.24) is 0 Å². The molecule has 7 heteroatoms. The molecule has 1 atom stereocenters. The third-order valence-electron chi connectivity index (χ3n) is 2.09. The Hall–Kier alpha value is -1.63. The summed E-state index contributed by atoms with van der Waals surface area (Å²) in [5.74, 6) is -0.628. The lowest BCUT2D eigenvalue weighted by Crippen LogP contribution is -2.37. The van der Waals surface area contributed by atoms with E-state index in [0.29, 0.717) is 5.69 Å². The number of anilines is 1. The smallest absolute Gasteiger partial charge is 0.335 e. The minimum atomic E-state index is -0.985. The quantitative estimate of drug-likeness (QED) is 0.493. The molecule has 0 saturated carbocycles. The summed E-state index contributed by atoms with van der Waals surface area (Å²) < 4.78 is 5.67. The van der Waals surface area contributed by atoms with Crippen molar-refractivity contribution in [2.24, 2.45) is 0 Å². The molecule has 98 valence electrons. The maximum Gasteiger partial charge on any atom is 0.335 e. The fourth-order valence-corrected chi connectivity index (χ4v) is 1.58. The molecule has 0 radical (unpaired) electrons. The van der Waals surface area contributed by atoms with Gasteiger partial charge in [0.25, 0.3) is 0 Å². The zero-order valence-corrected chi connectivity index (χ0v) is 11.3. The summed E-state index contributed by atoms with van der Waals surface area (Å²) in [5.41, 5.74) is 0.623. The molecule has 0 heterocycles. The van der Waals surface area contributed by atoms with Crippen LogP contribution in [-0.2, 0) is 9.53 Å². The zero-order chi connectivity index (χ0) is 13.5. The number of esters is 1. The van der Waals surface area contributed by atoms with Crippen LogP contribution in [0, 0.1) is 10.1 Å². The van der Waals surface area contributed by atoms with Crippen molar-refractivity contribution in [2.45, 2.75) is 13.0 Å². The van der Waals surface area contributed by atoms with Crippen molar-refractivity contribution < 1.29 is 14.5 Å². The second-order valence-corrected chi connectivity index (χ2v) is 4.39. The maximum absolute atomic E-state index is 11.6. The van der Waals surface area contributed by atoms with Crippen LogP contribution < -0.4 is 5.32 Å². The molecule has 0 aliphatic carbocycles. The van der Waals surface area contributed by atoms with E-state index in [0.717, 1.165) is 4.47 Å². The first kappa shape index (κ1) is 14.4. The van der Waals surface area contributed by atoms with E-state index >= 15 is 0 Å². The molecule has 18 heavy (non-hydrogen) atoms. The number of halogens is 1. The zero-order valence-electron chi connectivity index (χ0n) is 9.76. The predicted molar refractivity (Wildman–Crippen MR) is 70.0 cm³/mol. The molecule has 0 aromatic heterocycles. The number of carbonyl (C=O) groups is 1. The highest BCUT2D eigenvalue weighted by Crippen LogP contribution is 2.15. The van der Waals surface area contributed by atoms with Gasteiger partial charge < -0.3 is 10.1 Å². The van der Waals surface area contributed by atoms with E-state index in [1.807, 2.05) is 0 Å². The number of ether oxygens (including phenoxy) is 1. The lowest BCUT2D eigenvalue weighted by atomic mass is 10.2. The Balaban J connectivity index is 2.74. The second-order valence-electron chi connectivity index (χ2n) is 3.47. The number of benzene rings is 1. The minimum absolute atomic E-state index is 0.190. The normalized spacial score (nSPS) is 11.7. The van der Waals surface area contributed by atoms with Gasteiger partial charge in [0.05, 0.1) is 6.61 Å². The summed E-state index contributed by atoms with van der Waals surface area (Å²) in [6.45, 7) is 1.32. The van der Waals surface area contributed by atoms with E-state index in [4.69, 9.17) is 4.74 Å². The summed E-state index contributed by atoms with van der Waals surface area (Å²) in [7, 11) is 0. The first-order valence-corrected chi connectivity index (χ1v) is 6.12. The van der Waals surface area contributed by atoms with Crippen LogP contribution in [0.4, 0.5) is 5.69 Å². The Morgan fingerprint density at radius 3 is 2.61 bits per heavy atom. The molecule has 0 bridgehead atoms. The fourth-order valence-electron chi connectivity index (χ4n) is 1.32. The van der Waals surface area contributed by atoms with E-state index in [9.17, 15) is 14.9 Å². The molecule has 1 N–H and O–H groups in total. The van der Waals surface area contributed by atoms with Crippen LogP contribution in [0.1, 0.15) is 6.92 Å². The fraction of sp³-hybridized carbons (Fsp3) is 0.364. The minimum Gasteiger partial charge on any atom is -0.464 e. The molecule has 1 aromatic carbocycles. The van der Waals surface area contributed by atoms with Crippen LogP contribution in [0.5, 0.6) is 0 Å². The number of carbonyl (C=O) groups excluding carboxylic acids is 1. The Morgan fingerprint density at radius 1 is 1.50 bits per heavy atom. The molecule has 0 aliphatic rings. The number of rotatable bonds is 6. The SMILES string of the molecule is CCOC(=O)C(C[N+](=O)[O-])Nc1ccc(Br)cc1. The largest absolute Gasteiger partial charge is 0.464 e. The molecule has 0 spiro atoms. The van der Waals surface area contributed by atoms with Gasteiger partial charge in [-0.1, -0.05) is 15.9 Å². The molecular formula is C11H13BrN2O4. The van der Waals surface area contributed by atoms with Gasteiger partial charge in [0.2, 0.25) is 6.54 Å². The van der Waals surface area contributed by atoms with Gasteiger partial charge in [0.15, 0.2) is 6.04 Å². The maximum atomic E-state index is 11.6. The Kier molecular flexibility index (Phi) is 5.57. The monoisotopic (exact) mass is 316 g/mol. The molecule has 0 fully saturated rings. The summed E-state index contributed by atoms with van der Waals surface area (Å²) in [4.78, 5) is 21.5. The van der Waals surface area contributed by atoms with E-state index < -0.39 is 23.5 Å². The van der Waals surface area contributed by atoms with Gasteiger partial charge in [0, 0.05) is 15.1 Å². The van der Waals surface area contributed by atoms with Crippen LogP contribution in [0.3, 0.4) is 0 Å². The summed E-state index contributed by atoms with van der Waals surface area (Å²) in [5, 5.41) is 13.3. The predicted octanol–water partition coefficient (Wildman–Crippen LogP) is 2.07. The molecule has 0 aliphatic heterocycles. The molecule has 1 aromatic rings. The third-order valence-corrected chi connectivity index (χ3v) is 2.62. The van der Waals surface area contributed by atoms with Crippen molar-refractivity contribution in [2.75, 3.05) is 18.5 Å². The second kappa shape index (κ2) is 6.95. The number of nitro groups is 1. The topological polar surface area (TPSA) is 81.5 Å². The highest BCUT2D eigenvalue weighted by atomic mass is 79.9. The molecule has 1 unspecified atom stereocenters. The van der Waals surface area contributed by atoms with Crippen molar-refractivity contribution in [3.63, 3.8) is 0 Å². The molecule has 0 saturated heterocycles. The van der Waals surface area contributed by atoms with Gasteiger partial charge in [-0.2, -0.15) is 0 Å². The summed E-state index contributed by atoms with van der Waals surface area (Å²) in [6.07, 6.45) is 0. The molecule has 6 nitrogen and oxygen atoms in total. The summed E-state index contributed by atoms with van der Waals surface area (Å²) >= 11 is 3.28. The van der Waals surface area contributed by atoms with Gasteiger partial charge >= 0.3 is 5.97 Å². The van der Waals surface area contributed by atoms with Gasteiger partial charge in [-0.25, -0.2) is 4.79 Å². The Bertz CT molecular complexity index is 422. The van der Waals surface area contributed by atoms with Gasteiger partial charge in [-0.3, -0.25) is 10.1 Å². The third kappa shape index (κ3) is 4.70. The van der Waals surface area contributed by atoms with Crippen LogP contribution in [0.25, 0.3) is 0 Å². The van der Waals surface area contributed by atoms with E-state index in [1.165, 1.54) is 0 Å². The van der Waals surface area contributed by atoms with E-state index in [2.05, 4.69) is 21.2 Å². The number of hydrogen-bond acceptors (Lipinski definition) is 5. The van der Waals surface area contributed by atoms with Crippen LogP contribution >= 0.6 is 15.9 Å². The number of nitrogens with one attached hydrogen (secondary N) is 1. The lowest BCUT2D eigenvalue weighted by Gasteiger charge is -2.14. The number of hydrogen-bond donors (Lipinski definition) is 1. The average Bonchev–Trinajstić information content (AvgIpc) is 2.31. The first-order valence-electron chi connectivity index (χ1n) is 5.33. The van der Waals surface area contributed by atoms with Gasteiger partial charge in [-0.05, 0) is 31.2 Å². The lowest BCUT2D eigenvalue weighted by molar-refractivity contribution is -0.480. The van der Waals surface area contributed by atoms with Gasteiger partial charge in [0.1, 0.15) is 0 Å². The molecule has 0 amide bonds. The van der Waals surface area contributed by atoms with Crippen molar-refractivity contribution >= 4 is 27.6 Å². The van der Waals surface area contributed by atoms with Crippen molar-refractivity contribution in [3.8, 4) is 0 Å². The van der Waals surface area contributed by atoms with E-state index in [1.54, 1.807) is 31.2 Å². The Labute approximate surface area is 113 Å². The van der Waals surface area contributed by atoms with Crippen LogP contribution in [0.15, 0.2) is 28.7 Å². The molecule has 1 rings (SSSR count). The first-order chi connectivity index (χ1) is 8.52. The number of nitrogens with zero attached hydrogens (tertiary/aromatic N) is 1. The standard InChI is InChI=1S/C11H13BrN2O4/c1-2-18-11(15)10(7-14(16)17)13-9-5-3-8(12)4-6-9/h3-6,10,13H,2,7H2,1H3. The Morgan fingerprint density at radius 2 is 2.11 bits per heavy atom. The highest BCUT2D eigenvalue weighted by Gasteiger charge is 2.25. The molecular weight excluding hydrogens is 304 g/mol.